The zero-order valence-corrected chi connectivity index (χ0v) is 17.9. The monoisotopic (exact) mass is 434 g/mol. The van der Waals surface area contributed by atoms with Crippen molar-refractivity contribution in [3.05, 3.63) is 72.0 Å². The number of rotatable bonds is 8. The fourth-order valence-electron chi connectivity index (χ4n) is 3.09. The first-order chi connectivity index (χ1) is 15.6. The number of furan rings is 1. The molecule has 0 spiro atoms. The number of nitrogens with zero attached hydrogens (tertiary/aromatic N) is 3. The Morgan fingerprint density at radius 2 is 1.78 bits per heavy atom. The second-order valence-corrected chi connectivity index (χ2v) is 6.72. The van der Waals surface area contributed by atoms with Crippen LogP contribution in [0.5, 0.6) is 17.2 Å². The van der Waals surface area contributed by atoms with Crippen molar-refractivity contribution in [2.24, 2.45) is 0 Å². The number of carbonyl (C=O) groups is 1. The van der Waals surface area contributed by atoms with Crippen molar-refractivity contribution in [2.75, 3.05) is 26.6 Å². The molecule has 4 rings (SSSR count). The summed E-state index contributed by atoms with van der Waals surface area (Å²) in [6, 6.07) is 16.0. The summed E-state index contributed by atoms with van der Waals surface area (Å²) in [6.45, 7) is 0.430. The maximum atomic E-state index is 13.3. The topological polar surface area (TPSA) is 101 Å². The highest BCUT2D eigenvalue weighted by molar-refractivity contribution is 5.97. The van der Waals surface area contributed by atoms with Gasteiger partial charge in [0.05, 0.1) is 27.6 Å². The van der Waals surface area contributed by atoms with E-state index >= 15 is 0 Å². The molecule has 4 aromatic rings. The van der Waals surface area contributed by atoms with Crippen LogP contribution < -0.4 is 19.5 Å². The Bertz CT molecular complexity index is 1200. The van der Waals surface area contributed by atoms with Gasteiger partial charge in [-0.05, 0) is 48.0 Å². The third kappa shape index (κ3) is 4.27. The van der Waals surface area contributed by atoms with E-state index in [1.807, 2.05) is 24.3 Å². The average Bonchev–Trinajstić information content (AvgIpc) is 3.52. The van der Waals surface area contributed by atoms with Crippen molar-refractivity contribution >= 4 is 11.9 Å². The molecule has 0 amide bonds. The van der Waals surface area contributed by atoms with Crippen LogP contribution >= 0.6 is 0 Å². The zero-order chi connectivity index (χ0) is 22.5. The lowest BCUT2D eigenvalue weighted by Crippen LogP contribution is -2.17. The summed E-state index contributed by atoms with van der Waals surface area (Å²) in [4.78, 5) is 17.8. The number of methoxy groups -OCH3 is 3. The van der Waals surface area contributed by atoms with Gasteiger partial charge in [0, 0.05) is 12.1 Å². The normalized spacial score (nSPS) is 10.6. The lowest BCUT2D eigenvalue weighted by atomic mass is 10.2. The van der Waals surface area contributed by atoms with Crippen molar-refractivity contribution in [3.63, 3.8) is 0 Å². The molecule has 9 nitrogen and oxygen atoms in total. The van der Waals surface area contributed by atoms with Crippen LogP contribution in [-0.2, 0) is 6.54 Å². The van der Waals surface area contributed by atoms with Gasteiger partial charge in [-0.1, -0.05) is 12.1 Å². The first-order valence-corrected chi connectivity index (χ1v) is 9.77. The minimum Gasteiger partial charge on any atom is -0.497 e. The van der Waals surface area contributed by atoms with Crippen LogP contribution in [0.1, 0.15) is 15.9 Å². The van der Waals surface area contributed by atoms with E-state index in [9.17, 15) is 4.79 Å². The number of carbonyl (C=O) groups excluding carboxylic acids is 1. The summed E-state index contributed by atoms with van der Waals surface area (Å²) >= 11 is 0. The Balaban J connectivity index is 1.65. The average molecular weight is 434 g/mol. The van der Waals surface area contributed by atoms with Crippen LogP contribution in [0.4, 0.5) is 5.95 Å². The molecule has 0 aliphatic carbocycles. The maximum Gasteiger partial charge on any atom is 0.281 e. The number of benzene rings is 2. The summed E-state index contributed by atoms with van der Waals surface area (Å²) < 4.78 is 22.4. The van der Waals surface area contributed by atoms with Gasteiger partial charge in [0.1, 0.15) is 5.75 Å². The Labute approximate surface area is 184 Å². The van der Waals surface area contributed by atoms with E-state index < -0.39 is 0 Å². The molecular weight excluding hydrogens is 412 g/mol. The van der Waals surface area contributed by atoms with E-state index in [2.05, 4.69) is 15.4 Å². The molecule has 32 heavy (non-hydrogen) atoms. The molecule has 2 heterocycles. The predicted molar refractivity (Wildman–Crippen MR) is 117 cm³/mol. The van der Waals surface area contributed by atoms with Gasteiger partial charge in [0.25, 0.3) is 5.91 Å². The molecule has 0 saturated heterocycles. The van der Waals surface area contributed by atoms with Crippen molar-refractivity contribution < 1.29 is 23.4 Å². The molecule has 0 aliphatic rings. The van der Waals surface area contributed by atoms with Crippen LogP contribution in [0.3, 0.4) is 0 Å². The van der Waals surface area contributed by atoms with Gasteiger partial charge in [0.15, 0.2) is 17.3 Å². The van der Waals surface area contributed by atoms with Crippen LogP contribution in [-0.4, -0.2) is 42.0 Å². The van der Waals surface area contributed by atoms with Gasteiger partial charge in [-0.15, -0.1) is 5.10 Å². The second-order valence-electron chi connectivity index (χ2n) is 6.72. The molecule has 2 aromatic heterocycles. The molecule has 9 heteroatoms. The molecule has 0 aliphatic heterocycles. The van der Waals surface area contributed by atoms with Gasteiger partial charge in [-0.2, -0.15) is 9.67 Å². The summed E-state index contributed by atoms with van der Waals surface area (Å²) in [5.41, 5.74) is 1.35. The Morgan fingerprint density at radius 1 is 1.00 bits per heavy atom. The lowest BCUT2D eigenvalue weighted by molar-refractivity contribution is 0.0947. The third-order valence-corrected chi connectivity index (χ3v) is 4.78. The van der Waals surface area contributed by atoms with Gasteiger partial charge in [0.2, 0.25) is 11.8 Å². The first-order valence-electron chi connectivity index (χ1n) is 9.77. The van der Waals surface area contributed by atoms with Crippen molar-refractivity contribution in [3.8, 4) is 28.8 Å². The van der Waals surface area contributed by atoms with Crippen LogP contribution in [0.15, 0.2) is 65.3 Å². The predicted octanol–water partition coefficient (Wildman–Crippen LogP) is 3.86. The van der Waals surface area contributed by atoms with Crippen LogP contribution in [0.25, 0.3) is 11.6 Å². The largest absolute Gasteiger partial charge is 0.497 e. The van der Waals surface area contributed by atoms with Gasteiger partial charge in [-0.25, -0.2) is 0 Å². The first kappa shape index (κ1) is 21.0. The SMILES string of the molecule is COc1ccc(CNc2nc(-c3ccco3)nn2C(=O)c2ccc(OC)c(OC)c2)cc1. The maximum absolute atomic E-state index is 13.3. The molecule has 2 aromatic carbocycles. The van der Waals surface area contributed by atoms with Crippen LogP contribution in [0, 0.1) is 0 Å². The summed E-state index contributed by atoms with van der Waals surface area (Å²) in [5, 5.41) is 7.56. The second kappa shape index (κ2) is 9.25. The smallest absolute Gasteiger partial charge is 0.281 e. The molecule has 0 atom stereocenters. The number of hydrogen-bond donors (Lipinski definition) is 1. The summed E-state index contributed by atoms with van der Waals surface area (Å²) in [5.74, 6) is 2.38. The Kier molecular flexibility index (Phi) is 6.07. The number of anilines is 1. The quantitative estimate of drug-likeness (QED) is 0.446. The molecule has 164 valence electrons. The van der Waals surface area contributed by atoms with Gasteiger partial charge < -0.3 is 23.9 Å². The van der Waals surface area contributed by atoms with E-state index in [0.29, 0.717) is 35.2 Å². The van der Waals surface area contributed by atoms with Gasteiger partial charge >= 0.3 is 0 Å². The molecular formula is C23H22N4O5. The molecule has 0 saturated carbocycles. The van der Waals surface area contributed by atoms with Crippen molar-refractivity contribution in [1.29, 1.82) is 0 Å². The number of hydrogen-bond acceptors (Lipinski definition) is 8. The van der Waals surface area contributed by atoms with E-state index in [1.165, 1.54) is 25.2 Å². The summed E-state index contributed by atoms with van der Waals surface area (Å²) in [7, 11) is 4.66. The molecule has 0 fully saturated rings. The minimum absolute atomic E-state index is 0.284. The molecule has 0 radical (unpaired) electrons. The van der Waals surface area contributed by atoms with Crippen molar-refractivity contribution in [2.45, 2.75) is 6.54 Å². The van der Waals surface area contributed by atoms with E-state index in [0.717, 1.165) is 11.3 Å². The summed E-state index contributed by atoms with van der Waals surface area (Å²) in [6.07, 6.45) is 1.52. The molecule has 0 bridgehead atoms. The third-order valence-electron chi connectivity index (χ3n) is 4.78. The Morgan fingerprint density at radius 3 is 2.44 bits per heavy atom. The highest BCUT2D eigenvalue weighted by atomic mass is 16.5. The highest BCUT2D eigenvalue weighted by Gasteiger charge is 2.21. The number of aromatic nitrogens is 3. The standard InChI is InChI=1S/C23H22N4O5/c1-29-17-9-6-15(7-10-17)14-24-23-25-21(19-5-4-12-32-19)26-27(23)22(28)16-8-11-18(30-2)20(13-16)31-3/h4-13H,14H2,1-3H3,(H,24,25,26). The zero-order valence-electron chi connectivity index (χ0n) is 17.9. The molecule has 0 unspecified atom stereocenters. The van der Waals surface area contributed by atoms with E-state index in [1.54, 1.807) is 37.4 Å². The number of nitrogens with one attached hydrogen (secondary N) is 1. The Hall–Kier alpha value is -4.27. The lowest BCUT2D eigenvalue weighted by Gasteiger charge is -2.10. The van der Waals surface area contributed by atoms with E-state index in [-0.39, 0.29) is 11.9 Å². The highest BCUT2D eigenvalue weighted by Crippen LogP contribution is 2.28. The van der Waals surface area contributed by atoms with Crippen LogP contribution in [0.2, 0.25) is 0 Å². The minimum atomic E-state index is -0.381. The number of ether oxygens (including phenoxy) is 3. The van der Waals surface area contributed by atoms with E-state index in [4.69, 9.17) is 18.6 Å². The van der Waals surface area contributed by atoms with Crippen molar-refractivity contribution in [1.82, 2.24) is 14.8 Å². The molecule has 1 N–H and O–H groups in total. The fraction of sp³-hybridized carbons (Fsp3) is 0.174. The van der Waals surface area contributed by atoms with Gasteiger partial charge in [-0.3, -0.25) is 4.79 Å². The fourth-order valence-corrected chi connectivity index (χ4v) is 3.09.